The largest absolute Gasteiger partial charge is 0.350 e. The summed E-state index contributed by atoms with van der Waals surface area (Å²) in [7, 11) is 1.98. The van der Waals surface area contributed by atoms with Gasteiger partial charge in [0.05, 0.1) is 18.1 Å². The zero-order valence-corrected chi connectivity index (χ0v) is 14.4. The van der Waals surface area contributed by atoms with E-state index in [9.17, 15) is 9.59 Å². The van der Waals surface area contributed by atoms with Gasteiger partial charge < -0.3 is 4.57 Å². The van der Waals surface area contributed by atoms with E-state index < -0.39 is 0 Å². The standard InChI is InChI=1S/C21H19N3O2/c1-23-10-11(12-4-2-3-5-17(12)23)9-22-24-20(25)18-13-6-7-14(16-8-15(13)16)19(18)21(24)26/h2-7,9-10,13-16,18-19H,8H2,1H3/b22-9-/t13-,14-,15-,16-,18+,19+/m1/s1. The third-order valence-electron chi connectivity index (χ3n) is 6.88. The van der Waals surface area contributed by atoms with E-state index in [2.05, 4.69) is 17.3 Å². The van der Waals surface area contributed by atoms with Crippen molar-refractivity contribution >= 4 is 28.9 Å². The number of amides is 2. The van der Waals surface area contributed by atoms with Gasteiger partial charge in [-0.15, -0.1) is 0 Å². The van der Waals surface area contributed by atoms with Crippen molar-refractivity contribution in [3.05, 3.63) is 48.2 Å². The molecule has 0 radical (unpaired) electrons. The number of aryl methyl sites for hydroxylation is 1. The lowest BCUT2D eigenvalue weighted by Crippen LogP contribution is -2.40. The molecule has 2 amide bonds. The van der Waals surface area contributed by atoms with Crippen molar-refractivity contribution in [2.75, 3.05) is 0 Å². The Morgan fingerprint density at radius 1 is 1.04 bits per heavy atom. The Morgan fingerprint density at radius 3 is 2.38 bits per heavy atom. The molecule has 5 heteroatoms. The second-order valence-corrected chi connectivity index (χ2v) is 8.10. The molecule has 1 saturated heterocycles. The highest BCUT2D eigenvalue weighted by Gasteiger charge is 2.67. The van der Waals surface area contributed by atoms with Crippen LogP contribution in [0.5, 0.6) is 0 Å². The first kappa shape index (κ1) is 14.5. The second-order valence-electron chi connectivity index (χ2n) is 8.10. The molecule has 4 aliphatic carbocycles. The van der Waals surface area contributed by atoms with E-state index in [1.54, 1.807) is 6.21 Å². The minimum atomic E-state index is -0.189. The molecule has 2 heterocycles. The van der Waals surface area contributed by atoms with Crippen molar-refractivity contribution in [3.63, 3.8) is 0 Å². The molecule has 5 nitrogen and oxygen atoms in total. The topological polar surface area (TPSA) is 54.7 Å². The molecule has 1 aliphatic heterocycles. The number of nitrogens with zero attached hydrogens (tertiary/aromatic N) is 3. The van der Waals surface area contributed by atoms with Crippen LogP contribution < -0.4 is 0 Å². The Kier molecular flexibility index (Phi) is 2.63. The van der Waals surface area contributed by atoms with Crippen LogP contribution in [0.25, 0.3) is 10.9 Å². The van der Waals surface area contributed by atoms with E-state index in [-0.39, 0.29) is 35.5 Å². The first-order valence-electron chi connectivity index (χ1n) is 9.29. The molecule has 2 bridgehead atoms. The summed E-state index contributed by atoms with van der Waals surface area (Å²) >= 11 is 0. The molecule has 130 valence electrons. The molecule has 0 N–H and O–H groups in total. The van der Waals surface area contributed by atoms with Gasteiger partial charge in [0.2, 0.25) is 0 Å². The molecule has 3 fully saturated rings. The highest BCUT2D eigenvalue weighted by molar-refractivity contribution is 6.07. The number of fused-ring (bicyclic) bond motifs is 1. The second kappa shape index (κ2) is 4.72. The average Bonchev–Trinajstić information content (AvgIpc) is 3.37. The summed E-state index contributed by atoms with van der Waals surface area (Å²) in [5, 5.41) is 6.56. The lowest BCUT2D eigenvalue weighted by atomic mass is 9.63. The van der Waals surface area contributed by atoms with Gasteiger partial charge in [-0.2, -0.15) is 10.1 Å². The number of carbonyl (C=O) groups excluding carboxylic acids is 2. The molecule has 0 spiro atoms. The lowest BCUT2D eigenvalue weighted by molar-refractivity contribution is -0.140. The van der Waals surface area contributed by atoms with Crippen molar-refractivity contribution < 1.29 is 9.59 Å². The highest BCUT2D eigenvalue weighted by Crippen LogP contribution is 2.65. The number of hydrogen-bond acceptors (Lipinski definition) is 3. The Morgan fingerprint density at radius 2 is 1.69 bits per heavy atom. The van der Waals surface area contributed by atoms with Crippen LogP contribution >= 0.6 is 0 Å². The van der Waals surface area contributed by atoms with Crippen molar-refractivity contribution in [1.29, 1.82) is 0 Å². The SMILES string of the molecule is Cn1cc(/C=N\N2C(=O)[C@H]3[C@@H]4C=C[C@H]([C@H]5C[C@H]45)[C@@H]3C2=O)c2ccccc21. The molecule has 26 heavy (non-hydrogen) atoms. The van der Waals surface area contributed by atoms with Gasteiger partial charge in [0.1, 0.15) is 0 Å². The van der Waals surface area contributed by atoms with Crippen LogP contribution in [-0.2, 0) is 16.6 Å². The van der Waals surface area contributed by atoms with E-state index >= 15 is 0 Å². The maximum Gasteiger partial charge on any atom is 0.254 e. The fourth-order valence-corrected chi connectivity index (χ4v) is 5.65. The molecule has 1 aromatic heterocycles. The first-order chi connectivity index (χ1) is 12.6. The van der Waals surface area contributed by atoms with Crippen molar-refractivity contribution in [1.82, 2.24) is 9.58 Å². The summed E-state index contributed by atoms with van der Waals surface area (Å²) < 4.78 is 2.03. The van der Waals surface area contributed by atoms with Gasteiger partial charge >= 0.3 is 0 Å². The molecular formula is C21H19N3O2. The molecule has 2 saturated carbocycles. The van der Waals surface area contributed by atoms with Gasteiger partial charge in [-0.05, 0) is 36.2 Å². The molecule has 1 aromatic carbocycles. The van der Waals surface area contributed by atoms with Gasteiger partial charge in [0, 0.05) is 29.7 Å². The van der Waals surface area contributed by atoms with Crippen LogP contribution in [0.15, 0.2) is 47.7 Å². The van der Waals surface area contributed by atoms with Crippen LogP contribution in [0.2, 0.25) is 0 Å². The van der Waals surface area contributed by atoms with E-state index in [4.69, 9.17) is 0 Å². The summed E-state index contributed by atoms with van der Waals surface area (Å²) in [5.41, 5.74) is 2.02. The van der Waals surface area contributed by atoms with Gasteiger partial charge in [-0.1, -0.05) is 30.4 Å². The minimum Gasteiger partial charge on any atom is -0.350 e. The Labute approximate surface area is 151 Å². The molecule has 6 atom stereocenters. The molecule has 7 rings (SSSR count). The average molecular weight is 345 g/mol. The number of allylic oxidation sites excluding steroid dienone is 2. The Bertz CT molecular complexity index is 997. The molecule has 5 aliphatic rings. The van der Waals surface area contributed by atoms with E-state index in [1.807, 2.05) is 42.1 Å². The Hall–Kier alpha value is -2.69. The predicted octanol–water partition coefficient (Wildman–Crippen LogP) is 2.57. The zero-order valence-electron chi connectivity index (χ0n) is 14.4. The number of rotatable bonds is 2. The van der Waals surface area contributed by atoms with Gasteiger partial charge in [-0.25, -0.2) is 0 Å². The van der Waals surface area contributed by atoms with Crippen LogP contribution in [0, 0.1) is 35.5 Å². The number of para-hydroxylation sites is 1. The number of aromatic nitrogens is 1. The predicted molar refractivity (Wildman–Crippen MR) is 97.1 cm³/mol. The fourth-order valence-electron chi connectivity index (χ4n) is 5.65. The van der Waals surface area contributed by atoms with E-state index in [1.165, 1.54) is 6.42 Å². The lowest BCUT2D eigenvalue weighted by Gasteiger charge is -2.37. The maximum absolute atomic E-state index is 12.9. The first-order valence-corrected chi connectivity index (χ1v) is 9.29. The van der Waals surface area contributed by atoms with Gasteiger partial charge in [-0.3, -0.25) is 9.59 Å². The van der Waals surface area contributed by atoms with Crippen molar-refractivity contribution in [2.24, 2.45) is 47.7 Å². The summed E-state index contributed by atoms with van der Waals surface area (Å²) in [6, 6.07) is 8.05. The Balaban J connectivity index is 1.36. The smallest absolute Gasteiger partial charge is 0.254 e. The summed E-state index contributed by atoms with van der Waals surface area (Å²) in [6.45, 7) is 0. The van der Waals surface area contributed by atoms with Crippen molar-refractivity contribution in [3.8, 4) is 0 Å². The number of hydrazone groups is 1. The number of carbonyl (C=O) groups is 2. The van der Waals surface area contributed by atoms with E-state index in [0.717, 1.165) is 21.5 Å². The normalized spacial score (nSPS) is 37.0. The monoisotopic (exact) mass is 345 g/mol. The zero-order chi connectivity index (χ0) is 17.6. The quantitative estimate of drug-likeness (QED) is 0.477. The van der Waals surface area contributed by atoms with Crippen LogP contribution in [0.3, 0.4) is 0 Å². The molecule has 2 aromatic rings. The third kappa shape index (κ3) is 1.68. The highest BCUT2D eigenvalue weighted by atomic mass is 16.2. The van der Waals surface area contributed by atoms with E-state index in [0.29, 0.717) is 11.8 Å². The summed E-state index contributed by atoms with van der Waals surface area (Å²) in [6.07, 6.45) is 9.18. The molecule has 0 unspecified atom stereocenters. The van der Waals surface area contributed by atoms with Crippen LogP contribution in [-0.4, -0.2) is 27.6 Å². The minimum absolute atomic E-state index is 0.110. The van der Waals surface area contributed by atoms with Crippen molar-refractivity contribution in [2.45, 2.75) is 6.42 Å². The number of benzene rings is 1. The van der Waals surface area contributed by atoms with Gasteiger partial charge in [0.25, 0.3) is 11.8 Å². The van der Waals surface area contributed by atoms with Crippen LogP contribution in [0.1, 0.15) is 12.0 Å². The fraction of sp³-hybridized carbons (Fsp3) is 0.381. The number of imide groups is 1. The maximum atomic E-state index is 12.9. The third-order valence-corrected chi connectivity index (χ3v) is 6.88. The van der Waals surface area contributed by atoms with Crippen LogP contribution in [0.4, 0.5) is 0 Å². The summed E-state index contributed by atoms with van der Waals surface area (Å²) in [5.74, 6) is 1.11. The number of hydrogen-bond donors (Lipinski definition) is 0. The summed E-state index contributed by atoms with van der Waals surface area (Å²) in [4.78, 5) is 25.9. The van der Waals surface area contributed by atoms with Gasteiger partial charge in [0.15, 0.2) is 0 Å². The molecular weight excluding hydrogens is 326 g/mol.